The number of fused-ring (bicyclic) bond motifs is 8. The monoisotopic (exact) mass is 636 g/mol. The molecule has 50 heavy (non-hydrogen) atoms. The Morgan fingerprint density at radius 2 is 0.840 bits per heavy atom. The molecule has 0 aliphatic heterocycles. The van der Waals surface area contributed by atoms with Crippen molar-refractivity contribution in [3.63, 3.8) is 0 Å². The number of benzene rings is 9. The first-order valence-corrected chi connectivity index (χ1v) is 17.1. The second-order valence-electron chi connectivity index (χ2n) is 13.2. The summed E-state index contributed by atoms with van der Waals surface area (Å²) in [7, 11) is 0. The van der Waals surface area contributed by atoms with Crippen LogP contribution in [0.2, 0.25) is 0 Å². The van der Waals surface area contributed by atoms with Gasteiger partial charge in [-0.1, -0.05) is 140 Å². The lowest BCUT2D eigenvalue weighted by atomic mass is 9.83. The largest absolute Gasteiger partial charge is 0.456 e. The lowest BCUT2D eigenvalue weighted by molar-refractivity contribution is 0.632. The van der Waals surface area contributed by atoms with E-state index in [-0.39, 0.29) is 0 Å². The van der Waals surface area contributed by atoms with Crippen molar-refractivity contribution in [3.8, 4) is 33.6 Å². The first-order chi connectivity index (χ1) is 24.8. The molecule has 9 aromatic carbocycles. The summed E-state index contributed by atoms with van der Waals surface area (Å²) in [5.74, 6) is 0.869. The van der Waals surface area contributed by atoms with Crippen molar-refractivity contribution in [2.75, 3.05) is 0 Å². The molecule has 0 saturated carbocycles. The molecule has 2 heteroatoms. The summed E-state index contributed by atoms with van der Waals surface area (Å²) < 4.78 is 13.2. The number of hydrogen-bond donors (Lipinski definition) is 0. The van der Waals surface area contributed by atoms with Crippen molar-refractivity contribution < 1.29 is 8.83 Å². The molecule has 0 amide bonds. The predicted octanol–water partition coefficient (Wildman–Crippen LogP) is 13.9. The Morgan fingerprint density at radius 1 is 0.300 bits per heavy atom. The Labute approximate surface area is 287 Å². The van der Waals surface area contributed by atoms with E-state index in [1.807, 2.05) is 6.07 Å². The van der Waals surface area contributed by atoms with E-state index in [9.17, 15) is 0 Å². The van der Waals surface area contributed by atoms with Gasteiger partial charge < -0.3 is 8.83 Å². The highest BCUT2D eigenvalue weighted by Gasteiger charge is 2.23. The molecule has 0 fully saturated rings. The van der Waals surface area contributed by atoms with Gasteiger partial charge in [-0.15, -0.1) is 0 Å². The summed E-state index contributed by atoms with van der Waals surface area (Å²) in [4.78, 5) is 0. The normalized spacial score (nSPS) is 12.0. The molecule has 0 aliphatic carbocycles. The van der Waals surface area contributed by atoms with E-state index in [4.69, 9.17) is 8.83 Å². The second kappa shape index (κ2) is 10.4. The van der Waals surface area contributed by atoms with Crippen molar-refractivity contribution in [1.29, 1.82) is 0 Å². The highest BCUT2D eigenvalue weighted by atomic mass is 16.3. The van der Waals surface area contributed by atoms with Crippen LogP contribution in [-0.4, -0.2) is 0 Å². The Bertz CT molecular complexity index is 3080. The average Bonchev–Trinajstić information content (AvgIpc) is 3.77. The fraction of sp³-hybridized carbons (Fsp3) is 0. The summed E-state index contributed by atoms with van der Waals surface area (Å²) in [5, 5.41) is 13.0. The molecule has 2 nitrogen and oxygen atoms in total. The van der Waals surface area contributed by atoms with Gasteiger partial charge in [0.25, 0.3) is 0 Å². The van der Waals surface area contributed by atoms with Gasteiger partial charge in [-0.05, 0) is 90.1 Å². The van der Waals surface area contributed by atoms with Crippen LogP contribution in [0.25, 0.3) is 110 Å². The molecule has 11 rings (SSSR count). The Kier molecular flexibility index (Phi) is 5.70. The molecule has 11 aromatic rings. The molecular formula is C48H28O2. The summed E-state index contributed by atoms with van der Waals surface area (Å²) in [5.41, 5.74) is 8.56. The van der Waals surface area contributed by atoms with Crippen LogP contribution < -0.4 is 0 Å². The van der Waals surface area contributed by atoms with Crippen LogP contribution in [0.5, 0.6) is 0 Å². The fourth-order valence-corrected chi connectivity index (χ4v) is 8.27. The topological polar surface area (TPSA) is 26.3 Å². The van der Waals surface area contributed by atoms with Gasteiger partial charge in [-0.2, -0.15) is 0 Å². The van der Waals surface area contributed by atoms with Crippen molar-refractivity contribution >= 4 is 76.0 Å². The maximum absolute atomic E-state index is 6.64. The third-order valence-corrected chi connectivity index (χ3v) is 10.4. The maximum Gasteiger partial charge on any atom is 0.136 e. The summed E-state index contributed by atoms with van der Waals surface area (Å²) in [6.07, 6.45) is 0. The van der Waals surface area contributed by atoms with Crippen molar-refractivity contribution in [2.45, 2.75) is 0 Å². The minimum Gasteiger partial charge on any atom is -0.456 e. The Balaban J connectivity index is 1.29. The zero-order valence-electron chi connectivity index (χ0n) is 27.0. The smallest absolute Gasteiger partial charge is 0.136 e. The summed E-state index contributed by atoms with van der Waals surface area (Å²) >= 11 is 0. The molecule has 0 spiro atoms. The molecule has 0 bridgehead atoms. The van der Waals surface area contributed by atoms with E-state index in [1.165, 1.54) is 60.0 Å². The third kappa shape index (κ3) is 3.90. The molecule has 232 valence electrons. The highest BCUT2D eigenvalue weighted by Crippen LogP contribution is 2.50. The second-order valence-corrected chi connectivity index (χ2v) is 13.2. The van der Waals surface area contributed by atoms with Gasteiger partial charge in [0, 0.05) is 27.3 Å². The first kappa shape index (κ1) is 27.3. The molecule has 0 radical (unpaired) electrons. The summed E-state index contributed by atoms with van der Waals surface area (Å²) in [6, 6.07) is 60.7. The van der Waals surface area contributed by atoms with Crippen LogP contribution in [-0.2, 0) is 0 Å². The van der Waals surface area contributed by atoms with Crippen molar-refractivity contribution in [2.24, 2.45) is 0 Å². The van der Waals surface area contributed by atoms with Gasteiger partial charge >= 0.3 is 0 Å². The van der Waals surface area contributed by atoms with Gasteiger partial charge in [0.05, 0.1) is 0 Å². The average molecular weight is 637 g/mol. The number of furan rings is 2. The van der Waals surface area contributed by atoms with Crippen LogP contribution in [0.1, 0.15) is 0 Å². The molecule has 0 aliphatic rings. The number of rotatable bonds is 3. The number of hydrogen-bond acceptors (Lipinski definition) is 2. The van der Waals surface area contributed by atoms with Crippen LogP contribution in [0, 0.1) is 0 Å². The first-order valence-electron chi connectivity index (χ1n) is 17.1. The molecule has 0 saturated heterocycles. The van der Waals surface area contributed by atoms with Crippen LogP contribution >= 0.6 is 0 Å². The SMILES string of the molecule is c1ccc(-c2cc3c(-c4c5ccccc5c(-c5cccc6oc7cc8ccccc8cc7c56)c5ccccc45)c4ccccc4cc3o2)cc1. The minimum atomic E-state index is 0.869. The lowest BCUT2D eigenvalue weighted by Gasteiger charge is -2.19. The standard InChI is InChI=1S/C48H28O2/c1-2-13-29(14-3-1)42-28-40-44(50-42)27-32-17-6-7-18-33(32)47(40)48-36-21-10-8-19-34(36)45(35-20-9-11-22-37(35)48)38-23-12-24-41-46(38)39-25-30-15-4-5-16-31(30)26-43(39)49-41/h1-28H. The van der Waals surface area contributed by atoms with Gasteiger partial charge in [0.2, 0.25) is 0 Å². The molecular weight excluding hydrogens is 609 g/mol. The van der Waals surface area contributed by atoms with E-state index in [0.717, 1.165) is 49.6 Å². The highest BCUT2D eigenvalue weighted by molar-refractivity contribution is 6.29. The van der Waals surface area contributed by atoms with Gasteiger partial charge in [0.1, 0.15) is 22.5 Å². The van der Waals surface area contributed by atoms with Crippen LogP contribution in [0.15, 0.2) is 179 Å². The van der Waals surface area contributed by atoms with E-state index < -0.39 is 0 Å². The fourth-order valence-electron chi connectivity index (χ4n) is 8.27. The molecule has 0 atom stereocenters. The van der Waals surface area contributed by atoms with Crippen molar-refractivity contribution in [1.82, 2.24) is 0 Å². The molecule has 0 unspecified atom stereocenters. The van der Waals surface area contributed by atoms with Crippen molar-refractivity contribution in [3.05, 3.63) is 170 Å². The molecule has 0 N–H and O–H groups in total. The third-order valence-electron chi connectivity index (χ3n) is 10.4. The predicted molar refractivity (Wildman–Crippen MR) is 210 cm³/mol. The zero-order chi connectivity index (χ0) is 32.8. The van der Waals surface area contributed by atoms with Gasteiger partial charge in [-0.25, -0.2) is 0 Å². The van der Waals surface area contributed by atoms with E-state index >= 15 is 0 Å². The Morgan fingerprint density at radius 3 is 1.56 bits per heavy atom. The zero-order valence-corrected chi connectivity index (χ0v) is 27.0. The molecule has 2 heterocycles. The van der Waals surface area contributed by atoms with E-state index in [1.54, 1.807) is 0 Å². The minimum absolute atomic E-state index is 0.869. The van der Waals surface area contributed by atoms with Crippen LogP contribution in [0.3, 0.4) is 0 Å². The summed E-state index contributed by atoms with van der Waals surface area (Å²) in [6.45, 7) is 0. The molecule has 2 aromatic heterocycles. The lowest BCUT2D eigenvalue weighted by Crippen LogP contribution is -1.92. The van der Waals surface area contributed by atoms with E-state index in [2.05, 4.69) is 164 Å². The van der Waals surface area contributed by atoms with Gasteiger partial charge in [0.15, 0.2) is 0 Å². The Hall–Kier alpha value is -6.64. The maximum atomic E-state index is 6.64. The quantitative estimate of drug-likeness (QED) is 0.180. The van der Waals surface area contributed by atoms with Gasteiger partial charge in [-0.3, -0.25) is 0 Å². The van der Waals surface area contributed by atoms with E-state index in [0.29, 0.717) is 0 Å². The van der Waals surface area contributed by atoms with Crippen LogP contribution in [0.4, 0.5) is 0 Å².